The second-order valence-electron chi connectivity index (χ2n) is 6.56. The van der Waals surface area contributed by atoms with E-state index < -0.39 is 0 Å². The van der Waals surface area contributed by atoms with Crippen molar-refractivity contribution >= 4 is 22.6 Å². The summed E-state index contributed by atoms with van der Waals surface area (Å²) in [6, 6.07) is 0. The molecule has 1 heteroatoms. The van der Waals surface area contributed by atoms with E-state index >= 15 is 0 Å². The summed E-state index contributed by atoms with van der Waals surface area (Å²) in [5, 5.41) is 0. The lowest BCUT2D eigenvalue weighted by molar-refractivity contribution is 0.158. The average Bonchev–Trinajstić information content (AvgIpc) is 2.48. The van der Waals surface area contributed by atoms with Crippen LogP contribution in [0.25, 0.3) is 0 Å². The van der Waals surface area contributed by atoms with E-state index in [-0.39, 0.29) is 0 Å². The van der Waals surface area contributed by atoms with E-state index in [2.05, 4.69) is 54.3 Å². The van der Waals surface area contributed by atoms with Crippen LogP contribution in [0.2, 0.25) is 0 Å². The predicted molar refractivity (Wildman–Crippen MR) is 93.7 cm³/mol. The van der Waals surface area contributed by atoms with Crippen molar-refractivity contribution in [3.8, 4) is 0 Å². The SMILES string of the molecule is C=CC(I)C1CCC(C2CCC(C=CC)CC2)CC1. The van der Waals surface area contributed by atoms with Gasteiger partial charge in [-0.2, -0.15) is 0 Å². The molecule has 0 saturated heterocycles. The Morgan fingerprint density at radius 1 is 0.947 bits per heavy atom. The molecule has 2 fully saturated rings. The molecule has 0 amide bonds. The first-order valence-electron chi connectivity index (χ1n) is 8.14. The molecule has 19 heavy (non-hydrogen) atoms. The van der Waals surface area contributed by atoms with Gasteiger partial charge in [-0.15, -0.1) is 6.58 Å². The van der Waals surface area contributed by atoms with E-state index in [1.165, 1.54) is 51.4 Å². The van der Waals surface area contributed by atoms with Gasteiger partial charge in [-0.05, 0) is 82.0 Å². The molecular formula is C18H29I. The molecule has 0 nitrogen and oxygen atoms in total. The third-order valence-corrected chi connectivity index (χ3v) is 6.97. The van der Waals surface area contributed by atoms with Crippen molar-refractivity contribution in [2.75, 3.05) is 0 Å². The van der Waals surface area contributed by atoms with Crippen LogP contribution in [0, 0.1) is 23.7 Å². The van der Waals surface area contributed by atoms with Crippen LogP contribution in [0.4, 0.5) is 0 Å². The molecule has 0 aromatic heterocycles. The van der Waals surface area contributed by atoms with Crippen LogP contribution in [-0.2, 0) is 0 Å². The molecule has 2 saturated carbocycles. The predicted octanol–water partition coefficient (Wildman–Crippen LogP) is 6.16. The van der Waals surface area contributed by atoms with Gasteiger partial charge in [0.15, 0.2) is 0 Å². The molecule has 0 spiro atoms. The van der Waals surface area contributed by atoms with Gasteiger partial charge in [0.05, 0.1) is 0 Å². The van der Waals surface area contributed by atoms with Crippen molar-refractivity contribution < 1.29 is 0 Å². The molecule has 0 aliphatic heterocycles. The Bertz CT molecular complexity index is 291. The molecule has 2 aliphatic rings. The van der Waals surface area contributed by atoms with E-state index in [1.54, 1.807) is 0 Å². The van der Waals surface area contributed by atoms with E-state index in [1.807, 2.05) is 0 Å². The van der Waals surface area contributed by atoms with E-state index in [4.69, 9.17) is 0 Å². The molecule has 0 aromatic carbocycles. The zero-order valence-corrected chi connectivity index (χ0v) is 14.5. The van der Waals surface area contributed by atoms with Crippen LogP contribution >= 0.6 is 22.6 Å². The lowest BCUT2D eigenvalue weighted by Crippen LogP contribution is -2.27. The fraction of sp³-hybridized carbons (Fsp3) is 0.778. The minimum absolute atomic E-state index is 0.698. The van der Waals surface area contributed by atoms with Gasteiger partial charge in [-0.25, -0.2) is 0 Å². The Balaban J connectivity index is 1.75. The maximum absolute atomic E-state index is 3.96. The Labute approximate surface area is 133 Å². The zero-order chi connectivity index (χ0) is 13.7. The maximum atomic E-state index is 3.96. The first-order chi connectivity index (χ1) is 9.24. The Kier molecular flexibility index (Phi) is 6.44. The second kappa shape index (κ2) is 7.85. The van der Waals surface area contributed by atoms with Gasteiger partial charge in [0.25, 0.3) is 0 Å². The molecule has 1 atom stereocenters. The monoisotopic (exact) mass is 372 g/mol. The molecule has 0 bridgehead atoms. The average molecular weight is 372 g/mol. The molecule has 0 N–H and O–H groups in total. The highest BCUT2D eigenvalue weighted by Crippen LogP contribution is 2.43. The third kappa shape index (κ3) is 4.34. The first-order valence-corrected chi connectivity index (χ1v) is 9.38. The summed E-state index contributed by atoms with van der Waals surface area (Å²) in [5.41, 5.74) is 0. The van der Waals surface area contributed by atoms with Crippen LogP contribution in [0.1, 0.15) is 58.3 Å². The number of allylic oxidation sites excluding steroid dienone is 3. The van der Waals surface area contributed by atoms with Crippen molar-refractivity contribution in [3.63, 3.8) is 0 Å². The molecule has 1 unspecified atom stereocenters. The van der Waals surface area contributed by atoms with Crippen molar-refractivity contribution in [3.05, 3.63) is 24.8 Å². The molecule has 2 aliphatic carbocycles. The number of hydrogen-bond acceptors (Lipinski definition) is 0. The second-order valence-corrected chi connectivity index (χ2v) is 7.99. The summed E-state index contributed by atoms with van der Waals surface area (Å²) in [6.07, 6.45) is 18.5. The fourth-order valence-corrected chi connectivity index (χ4v) is 4.93. The highest BCUT2D eigenvalue weighted by atomic mass is 127. The Hall–Kier alpha value is 0.210. The summed E-state index contributed by atoms with van der Waals surface area (Å²) in [6.45, 7) is 6.12. The number of hydrogen-bond donors (Lipinski definition) is 0. The van der Waals surface area contributed by atoms with Crippen molar-refractivity contribution in [2.45, 2.75) is 62.2 Å². The molecule has 2 rings (SSSR count). The van der Waals surface area contributed by atoms with E-state index in [0.29, 0.717) is 3.92 Å². The molecule has 0 aromatic rings. The molecule has 0 radical (unpaired) electrons. The fourth-order valence-electron chi connectivity index (χ4n) is 4.21. The Morgan fingerprint density at radius 2 is 1.47 bits per heavy atom. The van der Waals surface area contributed by atoms with Gasteiger partial charge in [-0.3, -0.25) is 0 Å². The zero-order valence-electron chi connectivity index (χ0n) is 12.4. The lowest BCUT2D eigenvalue weighted by atomic mass is 9.69. The van der Waals surface area contributed by atoms with Gasteiger partial charge in [0.2, 0.25) is 0 Å². The van der Waals surface area contributed by atoms with Crippen LogP contribution in [0.15, 0.2) is 24.8 Å². The lowest BCUT2D eigenvalue weighted by Gasteiger charge is -2.38. The van der Waals surface area contributed by atoms with E-state index in [0.717, 1.165) is 23.7 Å². The molecule has 108 valence electrons. The smallest absolute Gasteiger partial charge is 0.0315 e. The minimum Gasteiger partial charge on any atom is -0.102 e. The highest BCUT2D eigenvalue weighted by Gasteiger charge is 2.31. The summed E-state index contributed by atoms with van der Waals surface area (Å²) in [4.78, 5) is 0. The molecule has 0 heterocycles. The summed E-state index contributed by atoms with van der Waals surface area (Å²) < 4.78 is 0.698. The van der Waals surface area contributed by atoms with Gasteiger partial charge >= 0.3 is 0 Å². The van der Waals surface area contributed by atoms with Crippen LogP contribution in [0.3, 0.4) is 0 Å². The van der Waals surface area contributed by atoms with Gasteiger partial charge < -0.3 is 0 Å². The van der Waals surface area contributed by atoms with E-state index in [9.17, 15) is 0 Å². The number of alkyl halides is 1. The van der Waals surface area contributed by atoms with Gasteiger partial charge in [-0.1, -0.05) is 40.8 Å². The van der Waals surface area contributed by atoms with Gasteiger partial charge in [0, 0.05) is 3.92 Å². The normalized spacial score (nSPS) is 38.2. The van der Waals surface area contributed by atoms with Crippen LogP contribution in [0.5, 0.6) is 0 Å². The quantitative estimate of drug-likeness (QED) is 0.315. The molecular weight excluding hydrogens is 343 g/mol. The standard InChI is InChI=1S/C18H29I/c1-3-5-14-6-8-15(9-7-14)16-10-12-17(13-11-16)18(19)4-2/h3-5,14-18H,2,6-13H2,1H3. The maximum Gasteiger partial charge on any atom is 0.0315 e. The summed E-state index contributed by atoms with van der Waals surface area (Å²) in [7, 11) is 0. The third-order valence-electron chi connectivity index (χ3n) is 5.44. The van der Waals surface area contributed by atoms with Crippen LogP contribution in [-0.4, -0.2) is 3.92 Å². The van der Waals surface area contributed by atoms with Crippen molar-refractivity contribution in [1.82, 2.24) is 0 Å². The summed E-state index contributed by atoms with van der Waals surface area (Å²) in [5.74, 6) is 3.88. The first kappa shape index (κ1) is 15.6. The minimum atomic E-state index is 0.698. The van der Waals surface area contributed by atoms with Gasteiger partial charge in [0.1, 0.15) is 0 Å². The van der Waals surface area contributed by atoms with Crippen molar-refractivity contribution in [2.24, 2.45) is 23.7 Å². The Morgan fingerprint density at radius 3 is 1.95 bits per heavy atom. The number of rotatable bonds is 4. The topological polar surface area (TPSA) is 0 Å². The highest BCUT2D eigenvalue weighted by molar-refractivity contribution is 14.1. The van der Waals surface area contributed by atoms with Crippen LogP contribution < -0.4 is 0 Å². The largest absolute Gasteiger partial charge is 0.102 e. The van der Waals surface area contributed by atoms with Crippen molar-refractivity contribution in [1.29, 1.82) is 0 Å². The number of halogens is 1. The summed E-state index contributed by atoms with van der Waals surface area (Å²) >= 11 is 2.57.